The number of ether oxygens (including phenoxy) is 2. The summed E-state index contributed by atoms with van der Waals surface area (Å²) in [6, 6.07) is 3.60. The lowest BCUT2D eigenvalue weighted by Gasteiger charge is -2.41. The van der Waals surface area contributed by atoms with Crippen LogP contribution in [0.1, 0.15) is 56.2 Å². The van der Waals surface area contributed by atoms with Crippen molar-refractivity contribution >= 4 is 27.5 Å². The van der Waals surface area contributed by atoms with Gasteiger partial charge in [0.15, 0.2) is 5.82 Å². The predicted molar refractivity (Wildman–Crippen MR) is 193 cm³/mol. The molecular formula is C40H35F11N6O3. The van der Waals surface area contributed by atoms with Crippen LogP contribution in [0.25, 0.3) is 32.9 Å². The molecule has 320 valence electrons. The summed E-state index contributed by atoms with van der Waals surface area (Å²) in [7, 11) is 0. The van der Waals surface area contributed by atoms with Crippen LogP contribution in [-0.2, 0) is 11.2 Å². The average Bonchev–Trinajstić information content (AvgIpc) is 3.83. The van der Waals surface area contributed by atoms with Gasteiger partial charge in [-0.05, 0) is 81.5 Å². The van der Waals surface area contributed by atoms with Gasteiger partial charge in [-0.15, -0.1) is 6.42 Å². The number of nitrogens with one attached hydrogen (secondary N) is 1. The molecule has 9 nitrogen and oxygen atoms in total. The Labute approximate surface area is 334 Å². The summed E-state index contributed by atoms with van der Waals surface area (Å²) in [4.78, 5) is 17.7. The number of phenolic OH excluding ortho intramolecular Hbond substituents is 1. The van der Waals surface area contributed by atoms with E-state index >= 15 is 8.78 Å². The molecular weight excluding hydrogens is 821 g/mol. The molecule has 4 aromatic rings. The standard InChI is InChI=1S/C40H35F11N6O3/c1-2-23-25(41)6-4-19-14-22(58)15-24(29(19)23)32-31(42)33-30-27(53-32)8-9-28-26-7-5-20(52-26)16-56(28)34(30)55-35(54-33)59-18-36-11-3-13-57(36)21(10-12-36)17-60-37(38(43,44)45,39(46,47)48)40(49,50)51/h1,4,6,14-15,20-21,26,28,52,58H,3,5,7-13,16-18H2/t20-,21+,26+,28-,36+/m1/s1. The average molecular weight is 857 g/mol. The van der Waals surface area contributed by atoms with E-state index in [0.717, 1.165) is 18.9 Å². The van der Waals surface area contributed by atoms with Gasteiger partial charge in [0.2, 0.25) is 0 Å². The Balaban J connectivity index is 1.10. The first kappa shape index (κ1) is 40.7. The Morgan fingerprint density at radius 3 is 2.38 bits per heavy atom. The van der Waals surface area contributed by atoms with Crippen LogP contribution < -0.4 is 15.0 Å². The first-order chi connectivity index (χ1) is 28.3. The van der Waals surface area contributed by atoms with Crippen molar-refractivity contribution in [3.05, 3.63) is 47.2 Å². The van der Waals surface area contributed by atoms with Gasteiger partial charge in [-0.1, -0.05) is 12.0 Å². The summed E-state index contributed by atoms with van der Waals surface area (Å²) in [5.41, 5.74) is -7.69. The van der Waals surface area contributed by atoms with Crippen molar-refractivity contribution in [2.75, 3.05) is 31.2 Å². The molecule has 0 spiro atoms. The number of benzene rings is 2. The summed E-state index contributed by atoms with van der Waals surface area (Å²) in [5, 5.41) is 15.1. The monoisotopic (exact) mass is 856 g/mol. The van der Waals surface area contributed by atoms with Crippen molar-refractivity contribution < 1.29 is 62.9 Å². The number of nitrogens with zero attached hydrogens (tertiary/aromatic N) is 5. The third kappa shape index (κ3) is 6.11. The largest absolute Gasteiger partial charge is 0.508 e. The fourth-order valence-electron chi connectivity index (χ4n) is 10.3. The van der Waals surface area contributed by atoms with Gasteiger partial charge >= 0.3 is 30.1 Å². The van der Waals surface area contributed by atoms with Gasteiger partial charge < -0.3 is 24.8 Å². The highest BCUT2D eigenvalue weighted by Gasteiger charge is 2.85. The van der Waals surface area contributed by atoms with Crippen LogP contribution in [0.2, 0.25) is 0 Å². The molecule has 4 saturated heterocycles. The number of aromatic hydroxyl groups is 1. The highest BCUT2D eigenvalue weighted by Crippen LogP contribution is 2.56. The Morgan fingerprint density at radius 1 is 0.917 bits per heavy atom. The Hall–Kier alpha value is -4.74. The molecule has 2 bridgehead atoms. The maximum absolute atomic E-state index is 17.3. The molecule has 2 aromatic carbocycles. The molecule has 0 unspecified atom stereocenters. The first-order valence-electron chi connectivity index (χ1n) is 19.4. The molecule has 4 fully saturated rings. The summed E-state index contributed by atoms with van der Waals surface area (Å²) >= 11 is 0. The number of fused-ring (bicyclic) bond motifs is 7. The molecule has 5 aliphatic heterocycles. The Kier molecular flexibility index (Phi) is 9.41. The number of hydrogen-bond donors (Lipinski definition) is 2. The highest BCUT2D eigenvalue weighted by atomic mass is 19.4. The summed E-state index contributed by atoms with van der Waals surface area (Å²) in [5.74, 6) is 0.665. The zero-order valence-corrected chi connectivity index (χ0v) is 31.3. The molecule has 20 heteroatoms. The van der Waals surface area contributed by atoms with E-state index < -0.39 is 54.0 Å². The lowest BCUT2D eigenvalue weighted by molar-refractivity contribution is -0.458. The van der Waals surface area contributed by atoms with Crippen LogP contribution >= 0.6 is 0 Å². The minimum Gasteiger partial charge on any atom is -0.508 e. The van der Waals surface area contributed by atoms with Gasteiger partial charge in [0.05, 0.1) is 28.8 Å². The summed E-state index contributed by atoms with van der Waals surface area (Å²) in [6.45, 7) is -1.19. The molecule has 5 atom stereocenters. The van der Waals surface area contributed by atoms with Crippen LogP contribution in [-0.4, -0.2) is 105 Å². The quantitative estimate of drug-likeness (QED) is 0.142. The molecule has 0 amide bonds. The second-order valence-corrected chi connectivity index (χ2v) is 16.2. The minimum atomic E-state index is -6.86. The topological polar surface area (TPSA) is 95.9 Å². The van der Waals surface area contributed by atoms with Gasteiger partial charge in [0.1, 0.15) is 35.2 Å². The molecule has 9 rings (SSSR count). The number of halogens is 11. The Bertz CT molecular complexity index is 2400. The maximum Gasteiger partial charge on any atom is 0.435 e. The smallest absolute Gasteiger partial charge is 0.435 e. The number of hydrogen-bond acceptors (Lipinski definition) is 9. The second-order valence-electron chi connectivity index (χ2n) is 16.2. The van der Waals surface area contributed by atoms with Crippen molar-refractivity contribution in [1.82, 2.24) is 25.2 Å². The summed E-state index contributed by atoms with van der Waals surface area (Å²) < 4.78 is 166. The third-order valence-electron chi connectivity index (χ3n) is 13.0. The fourth-order valence-corrected chi connectivity index (χ4v) is 10.3. The van der Waals surface area contributed by atoms with E-state index in [2.05, 4.69) is 25.9 Å². The number of phenols is 1. The van der Waals surface area contributed by atoms with Crippen molar-refractivity contribution in [1.29, 1.82) is 0 Å². The number of rotatable bonds is 7. The van der Waals surface area contributed by atoms with Crippen LogP contribution in [0.4, 0.5) is 54.1 Å². The first-order valence-corrected chi connectivity index (χ1v) is 19.4. The van der Waals surface area contributed by atoms with E-state index in [0.29, 0.717) is 54.5 Å². The number of anilines is 1. The van der Waals surface area contributed by atoms with E-state index in [9.17, 15) is 44.6 Å². The number of alkyl halides is 9. The number of aryl methyl sites for hydroxylation is 1. The number of terminal acetylenes is 1. The molecule has 2 aromatic heterocycles. The minimum absolute atomic E-state index is 0.00344. The van der Waals surface area contributed by atoms with Crippen molar-refractivity contribution in [3.63, 3.8) is 0 Å². The highest BCUT2D eigenvalue weighted by molar-refractivity contribution is 6.03. The van der Waals surface area contributed by atoms with Crippen LogP contribution in [0.5, 0.6) is 11.8 Å². The van der Waals surface area contributed by atoms with Gasteiger partial charge in [-0.2, -0.15) is 49.5 Å². The molecule has 7 heterocycles. The van der Waals surface area contributed by atoms with E-state index in [1.165, 1.54) is 23.1 Å². The van der Waals surface area contributed by atoms with Crippen LogP contribution in [0.3, 0.4) is 0 Å². The molecule has 2 N–H and O–H groups in total. The lowest BCUT2D eigenvalue weighted by atomic mass is 9.95. The van der Waals surface area contributed by atoms with Gasteiger partial charge in [0.25, 0.3) is 0 Å². The molecule has 0 saturated carbocycles. The van der Waals surface area contributed by atoms with E-state index in [1.54, 1.807) is 0 Å². The van der Waals surface area contributed by atoms with Crippen LogP contribution in [0, 0.1) is 24.0 Å². The van der Waals surface area contributed by atoms with Gasteiger partial charge in [-0.25, -0.2) is 13.8 Å². The summed E-state index contributed by atoms with van der Waals surface area (Å²) in [6.07, 6.45) is -11.4. The normalized spacial score (nSPS) is 25.7. The number of aromatic nitrogens is 3. The number of piperazine rings is 1. The lowest BCUT2D eigenvalue weighted by Crippen LogP contribution is -2.68. The van der Waals surface area contributed by atoms with E-state index in [-0.39, 0.29) is 83.6 Å². The van der Waals surface area contributed by atoms with E-state index in [1.807, 2.05) is 0 Å². The third-order valence-corrected chi connectivity index (χ3v) is 13.0. The van der Waals surface area contributed by atoms with Crippen molar-refractivity contribution in [3.8, 4) is 35.4 Å². The van der Waals surface area contributed by atoms with Crippen molar-refractivity contribution in [2.45, 2.75) is 105 Å². The number of pyridine rings is 1. The molecule has 0 aliphatic carbocycles. The molecule has 0 radical (unpaired) electrons. The Morgan fingerprint density at radius 2 is 1.67 bits per heavy atom. The zero-order valence-electron chi connectivity index (χ0n) is 31.3. The second kappa shape index (κ2) is 13.9. The SMILES string of the molecule is C#Cc1c(F)ccc2cc(O)cc(-c3nc4c5c(nc(OC[C@@]67CCCN6[C@H](COC(C(F)(F)F)(C(F)(F)F)C(F)(F)F)CC7)nc5c3F)N3C[C@H]5CC[C@H](N5)[C@H]3CC4)c12. The fraction of sp³-hybridized carbons (Fsp3) is 0.525. The predicted octanol–water partition coefficient (Wildman–Crippen LogP) is 7.88. The molecule has 5 aliphatic rings. The van der Waals surface area contributed by atoms with E-state index in [4.69, 9.17) is 21.1 Å². The van der Waals surface area contributed by atoms with Crippen molar-refractivity contribution in [2.24, 2.45) is 0 Å². The van der Waals surface area contributed by atoms with Crippen LogP contribution in [0.15, 0.2) is 24.3 Å². The van der Waals surface area contributed by atoms with Gasteiger partial charge in [-0.3, -0.25) is 4.90 Å². The molecule has 60 heavy (non-hydrogen) atoms. The maximum atomic E-state index is 17.3. The van der Waals surface area contributed by atoms with Gasteiger partial charge in [0, 0.05) is 41.7 Å². The zero-order chi connectivity index (χ0) is 42.7.